The molecule has 0 saturated carbocycles. The molecule has 2 atom stereocenters. The van der Waals surface area contributed by atoms with Gasteiger partial charge in [-0.15, -0.1) is 0 Å². The Morgan fingerprint density at radius 3 is 2.82 bits per heavy atom. The van der Waals surface area contributed by atoms with Gasteiger partial charge in [0.1, 0.15) is 12.2 Å². The Morgan fingerprint density at radius 1 is 1.25 bits per heavy atom. The molecule has 7 heteroatoms. The van der Waals surface area contributed by atoms with E-state index in [1.165, 1.54) is 13.2 Å². The van der Waals surface area contributed by atoms with Crippen LogP contribution in [0.15, 0.2) is 54.7 Å². The Bertz CT molecular complexity index is 1050. The highest BCUT2D eigenvalue weighted by molar-refractivity contribution is 6.30. The van der Waals surface area contributed by atoms with Crippen LogP contribution >= 0.6 is 11.6 Å². The second-order valence-electron chi connectivity index (χ2n) is 6.47. The molecular weight excluding hydrogens is 385 g/mol. The summed E-state index contributed by atoms with van der Waals surface area (Å²) in [5.41, 5.74) is 2.33. The van der Waals surface area contributed by atoms with E-state index < -0.39 is 24.0 Å². The number of halogens is 2. The van der Waals surface area contributed by atoms with E-state index in [0.29, 0.717) is 16.3 Å². The number of benzene rings is 2. The average Bonchev–Trinajstić information content (AvgIpc) is 3.11. The number of hydrogen-bond acceptors (Lipinski definition) is 3. The predicted octanol–water partition coefficient (Wildman–Crippen LogP) is 4.91. The molecule has 3 aromatic rings. The average molecular weight is 402 g/mol. The first kappa shape index (κ1) is 18.5. The van der Waals surface area contributed by atoms with Gasteiger partial charge in [0.25, 0.3) is 0 Å². The van der Waals surface area contributed by atoms with Crippen LogP contribution < -0.4 is 4.74 Å². The van der Waals surface area contributed by atoms with Crippen LogP contribution in [-0.2, 0) is 9.53 Å². The monoisotopic (exact) mass is 401 g/mol. The first-order valence-corrected chi connectivity index (χ1v) is 9.04. The summed E-state index contributed by atoms with van der Waals surface area (Å²) in [6, 6.07) is 13.7. The summed E-state index contributed by atoms with van der Waals surface area (Å²) in [7, 11) is 1.39. The van der Waals surface area contributed by atoms with Gasteiger partial charge in [0.05, 0.1) is 24.9 Å². The van der Waals surface area contributed by atoms with Crippen molar-refractivity contribution >= 4 is 17.6 Å². The van der Waals surface area contributed by atoms with E-state index in [0.717, 1.165) is 5.69 Å². The van der Waals surface area contributed by atoms with Crippen molar-refractivity contribution in [3.8, 4) is 11.4 Å². The molecule has 2 heterocycles. The number of rotatable bonds is 4. The van der Waals surface area contributed by atoms with Gasteiger partial charge >= 0.3 is 5.97 Å². The summed E-state index contributed by atoms with van der Waals surface area (Å²) in [5, 5.41) is 9.84. The van der Waals surface area contributed by atoms with E-state index in [-0.39, 0.29) is 17.7 Å². The van der Waals surface area contributed by atoms with Gasteiger partial charge in [0.2, 0.25) is 0 Å². The SMILES string of the molecule is COc1cccc(C2OC(CC(=O)O)c3cccn3-c3ccc(Cl)cc32)c1F. The summed E-state index contributed by atoms with van der Waals surface area (Å²) < 4.78 is 28.2. The molecule has 0 radical (unpaired) electrons. The molecule has 2 aromatic carbocycles. The van der Waals surface area contributed by atoms with Gasteiger partial charge in [0.15, 0.2) is 11.6 Å². The minimum absolute atomic E-state index is 0.0864. The smallest absolute Gasteiger partial charge is 0.306 e. The molecule has 1 aliphatic heterocycles. The van der Waals surface area contributed by atoms with Crippen molar-refractivity contribution in [2.45, 2.75) is 18.6 Å². The van der Waals surface area contributed by atoms with Crippen molar-refractivity contribution < 1.29 is 23.8 Å². The number of fused-ring (bicyclic) bond motifs is 3. The van der Waals surface area contributed by atoms with E-state index in [4.69, 9.17) is 21.1 Å². The van der Waals surface area contributed by atoms with Gasteiger partial charge in [-0.25, -0.2) is 4.39 Å². The zero-order valence-corrected chi connectivity index (χ0v) is 15.7. The van der Waals surface area contributed by atoms with Gasteiger partial charge < -0.3 is 19.1 Å². The molecule has 28 heavy (non-hydrogen) atoms. The Hall–Kier alpha value is -2.83. The molecular formula is C21H17ClFNO4. The minimum atomic E-state index is -1.01. The van der Waals surface area contributed by atoms with Crippen molar-refractivity contribution in [3.05, 3.63) is 82.4 Å². The zero-order valence-electron chi connectivity index (χ0n) is 14.9. The summed E-state index contributed by atoms with van der Waals surface area (Å²) in [5.74, 6) is -1.48. The first-order chi connectivity index (χ1) is 13.5. The fourth-order valence-corrected chi connectivity index (χ4v) is 3.76. The van der Waals surface area contributed by atoms with Crippen molar-refractivity contribution in [2.75, 3.05) is 7.11 Å². The van der Waals surface area contributed by atoms with E-state index in [9.17, 15) is 9.90 Å². The zero-order chi connectivity index (χ0) is 19.8. The van der Waals surface area contributed by atoms with Crippen molar-refractivity contribution in [1.82, 2.24) is 4.57 Å². The quantitative estimate of drug-likeness (QED) is 0.674. The van der Waals surface area contributed by atoms with Gasteiger partial charge in [0, 0.05) is 22.3 Å². The number of aliphatic carboxylic acids is 1. The normalized spacial score (nSPS) is 18.1. The number of methoxy groups -OCH3 is 1. The van der Waals surface area contributed by atoms with Gasteiger partial charge in [-0.2, -0.15) is 0 Å². The summed E-state index contributed by atoms with van der Waals surface area (Å²) in [6.45, 7) is 0. The highest BCUT2D eigenvalue weighted by atomic mass is 35.5. The van der Waals surface area contributed by atoms with Crippen LogP contribution in [0.2, 0.25) is 5.02 Å². The Kier molecular flexibility index (Phi) is 4.83. The number of ether oxygens (including phenoxy) is 2. The lowest BCUT2D eigenvalue weighted by Crippen LogP contribution is -2.15. The van der Waals surface area contributed by atoms with Crippen LogP contribution in [0.5, 0.6) is 5.75 Å². The molecule has 0 aliphatic carbocycles. The number of hydrogen-bond donors (Lipinski definition) is 1. The second kappa shape index (κ2) is 7.30. The maximum Gasteiger partial charge on any atom is 0.306 e. The molecule has 0 saturated heterocycles. The summed E-state index contributed by atoms with van der Waals surface area (Å²) in [4.78, 5) is 11.4. The number of carboxylic acids is 1. The fourth-order valence-electron chi connectivity index (χ4n) is 3.58. The number of aromatic nitrogens is 1. The Morgan fingerprint density at radius 2 is 2.07 bits per heavy atom. The molecule has 1 N–H and O–H groups in total. The van der Waals surface area contributed by atoms with Crippen molar-refractivity contribution in [1.29, 1.82) is 0 Å². The van der Waals surface area contributed by atoms with Crippen molar-refractivity contribution in [3.63, 3.8) is 0 Å². The summed E-state index contributed by atoms with van der Waals surface area (Å²) in [6.07, 6.45) is -0.0550. The maximum absolute atomic E-state index is 15.1. The van der Waals surface area contributed by atoms with Crippen LogP contribution in [0.4, 0.5) is 4.39 Å². The van der Waals surface area contributed by atoms with Crippen LogP contribution in [0, 0.1) is 5.82 Å². The third-order valence-corrected chi connectivity index (χ3v) is 5.03. The molecule has 2 unspecified atom stereocenters. The van der Waals surface area contributed by atoms with E-state index in [1.807, 2.05) is 22.9 Å². The number of carboxylic acid groups (broad SMARTS) is 1. The molecule has 1 aromatic heterocycles. The molecule has 0 amide bonds. The lowest BCUT2D eigenvalue weighted by atomic mass is 9.98. The molecule has 5 nitrogen and oxygen atoms in total. The van der Waals surface area contributed by atoms with E-state index >= 15 is 4.39 Å². The summed E-state index contributed by atoms with van der Waals surface area (Å²) >= 11 is 6.23. The molecule has 4 rings (SSSR count). The van der Waals surface area contributed by atoms with Crippen LogP contribution in [0.25, 0.3) is 5.69 Å². The number of carbonyl (C=O) groups is 1. The van der Waals surface area contributed by atoms with Crippen LogP contribution in [0.1, 0.15) is 35.4 Å². The third kappa shape index (κ3) is 3.15. The Balaban J connectivity index is 1.95. The lowest BCUT2D eigenvalue weighted by molar-refractivity contribution is -0.141. The lowest BCUT2D eigenvalue weighted by Gasteiger charge is -2.23. The second-order valence-corrected chi connectivity index (χ2v) is 6.91. The standard InChI is InChI=1S/C21H17ClFNO4/c1-27-17-6-2-4-13(20(17)23)21-14-10-12(22)7-8-15(14)24-9-3-5-16(24)18(28-21)11-19(25)26/h2-10,18,21H,11H2,1H3,(H,25,26). The molecule has 0 bridgehead atoms. The molecule has 0 spiro atoms. The van der Waals surface area contributed by atoms with Gasteiger partial charge in [-0.3, -0.25) is 4.79 Å². The fraction of sp³-hybridized carbons (Fsp3) is 0.190. The first-order valence-electron chi connectivity index (χ1n) is 8.66. The molecule has 144 valence electrons. The topological polar surface area (TPSA) is 60.7 Å². The van der Waals surface area contributed by atoms with Gasteiger partial charge in [-0.05, 0) is 36.4 Å². The molecule has 0 fully saturated rings. The van der Waals surface area contributed by atoms with E-state index in [1.54, 1.807) is 30.3 Å². The largest absolute Gasteiger partial charge is 0.494 e. The van der Waals surface area contributed by atoms with Crippen LogP contribution in [0.3, 0.4) is 0 Å². The third-order valence-electron chi connectivity index (χ3n) is 4.80. The minimum Gasteiger partial charge on any atom is -0.494 e. The number of nitrogens with zero attached hydrogens (tertiary/aromatic N) is 1. The predicted molar refractivity (Wildman–Crippen MR) is 102 cm³/mol. The maximum atomic E-state index is 15.1. The molecule has 1 aliphatic rings. The van der Waals surface area contributed by atoms with Crippen LogP contribution in [-0.4, -0.2) is 22.8 Å². The highest BCUT2D eigenvalue weighted by Gasteiger charge is 2.33. The highest BCUT2D eigenvalue weighted by Crippen LogP contribution is 2.43. The van der Waals surface area contributed by atoms with Gasteiger partial charge in [-0.1, -0.05) is 23.7 Å². The van der Waals surface area contributed by atoms with E-state index in [2.05, 4.69) is 0 Å². The Labute approximate surface area is 165 Å². The van der Waals surface area contributed by atoms with Crippen molar-refractivity contribution in [2.24, 2.45) is 0 Å².